The van der Waals surface area contributed by atoms with Crippen molar-refractivity contribution < 1.29 is 18.8 Å². The van der Waals surface area contributed by atoms with Crippen LogP contribution in [0.25, 0.3) is 0 Å². The summed E-state index contributed by atoms with van der Waals surface area (Å²) in [7, 11) is 0.396. The Hall–Kier alpha value is -0.315. The van der Waals surface area contributed by atoms with E-state index in [0.717, 1.165) is 6.54 Å². The van der Waals surface area contributed by atoms with Crippen LogP contribution in [-0.2, 0) is 13.9 Å². The second-order valence-electron chi connectivity index (χ2n) is 1.78. The maximum atomic E-state index is 10.3. The summed E-state index contributed by atoms with van der Waals surface area (Å²) in [5.74, 6) is 0.127. The summed E-state index contributed by atoms with van der Waals surface area (Å²) in [4.78, 5) is 18.0. The van der Waals surface area contributed by atoms with Crippen LogP contribution < -0.4 is 5.32 Å². The molecule has 0 aromatic carbocycles. The van der Waals surface area contributed by atoms with E-state index in [9.17, 15) is 9.36 Å². The van der Waals surface area contributed by atoms with Gasteiger partial charge in [-0.2, -0.15) is 0 Å². The van der Waals surface area contributed by atoms with E-state index >= 15 is 0 Å². The largest absolute Gasteiger partial charge is 0.357 e. The van der Waals surface area contributed by atoms with Gasteiger partial charge in [0, 0.05) is 13.7 Å². The molecule has 0 aliphatic carbocycles. The SMILES string of the molecule is BCC(=O)NCC.CO[PH](=O)O. The molecule has 0 aromatic heterocycles. The smallest absolute Gasteiger partial charge is 0.316 e. The van der Waals surface area contributed by atoms with Gasteiger partial charge >= 0.3 is 8.25 Å². The van der Waals surface area contributed by atoms with Crippen LogP contribution in [0.5, 0.6) is 0 Å². The number of hydrogen-bond donors (Lipinski definition) is 2. The number of hydrogen-bond acceptors (Lipinski definition) is 3. The minimum atomic E-state index is -2.62. The number of rotatable bonds is 3. The van der Waals surface area contributed by atoms with E-state index in [4.69, 9.17) is 4.89 Å². The Morgan fingerprint density at radius 3 is 2.25 bits per heavy atom. The van der Waals surface area contributed by atoms with Gasteiger partial charge in [0.2, 0.25) is 5.91 Å². The lowest BCUT2D eigenvalue weighted by Crippen LogP contribution is -2.21. The van der Waals surface area contributed by atoms with E-state index in [2.05, 4.69) is 9.84 Å². The Morgan fingerprint density at radius 2 is 2.17 bits per heavy atom. The minimum absolute atomic E-state index is 0.127. The maximum Gasteiger partial charge on any atom is 0.316 e. The third-order valence-electron chi connectivity index (χ3n) is 0.870. The average molecular weight is 195 g/mol. The summed E-state index contributed by atoms with van der Waals surface area (Å²) < 4.78 is 13.2. The highest BCUT2D eigenvalue weighted by atomic mass is 31.1. The molecule has 72 valence electrons. The molecule has 0 saturated carbocycles. The van der Waals surface area contributed by atoms with Crippen molar-refractivity contribution in [2.75, 3.05) is 13.7 Å². The zero-order chi connectivity index (χ0) is 9.98. The van der Waals surface area contributed by atoms with Crippen molar-refractivity contribution in [1.29, 1.82) is 0 Å². The fourth-order valence-corrected chi connectivity index (χ4v) is 0.322. The van der Waals surface area contributed by atoms with Crippen LogP contribution >= 0.6 is 8.25 Å². The zero-order valence-corrected chi connectivity index (χ0v) is 8.59. The van der Waals surface area contributed by atoms with Crippen molar-refractivity contribution in [2.45, 2.75) is 13.2 Å². The van der Waals surface area contributed by atoms with Crippen LogP contribution in [0.3, 0.4) is 0 Å². The van der Waals surface area contributed by atoms with Gasteiger partial charge in [-0.3, -0.25) is 9.36 Å². The molecule has 0 bridgehead atoms. The molecule has 7 heteroatoms. The highest BCUT2D eigenvalue weighted by Crippen LogP contribution is 2.09. The summed E-state index contributed by atoms with van der Waals surface area (Å²) in [5.41, 5.74) is 0. The van der Waals surface area contributed by atoms with Gasteiger partial charge in [-0.25, -0.2) is 0 Å². The van der Waals surface area contributed by atoms with Gasteiger partial charge in [0.15, 0.2) is 0 Å². The van der Waals surface area contributed by atoms with E-state index in [1.54, 1.807) is 0 Å². The predicted octanol–water partition coefficient (Wildman–Crippen LogP) is -0.811. The van der Waals surface area contributed by atoms with Gasteiger partial charge in [0.25, 0.3) is 0 Å². The first-order chi connectivity index (χ1) is 5.58. The predicted molar refractivity (Wildman–Crippen MR) is 50.3 cm³/mol. The Labute approximate surface area is 73.9 Å². The second kappa shape index (κ2) is 10.7. The Balaban J connectivity index is 0. The molecule has 0 aromatic rings. The molecule has 12 heavy (non-hydrogen) atoms. The molecule has 0 radical (unpaired) electrons. The highest BCUT2D eigenvalue weighted by molar-refractivity contribution is 7.32. The first kappa shape index (κ1) is 14.2. The van der Waals surface area contributed by atoms with E-state index < -0.39 is 8.25 Å². The molecule has 0 aliphatic rings. The fourth-order valence-electron chi connectivity index (χ4n) is 0.322. The van der Waals surface area contributed by atoms with E-state index in [1.165, 1.54) is 7.11 Å². The lowest BCUT2D eigenvalue weighted by atomic mass is 10.1. The van der Waals surface area contributed by atoms with Crippen LogP contribution in [0.4, 0.5) is 0 Å². The highest BCUT2D eigenvalue weighted by Gasteiger charge is 1.88. The molecule has 0 spiro atoms. The molecule has 1 atom stereocenters. The van der Waals surface area contributed by atoms with Gasteiger partial charge in [-0.1, -0.05) is 0 Å². The van der Waals surface area contributed by atoms with Crippen LogP contribution in [-0.4, -0.2) is 32.3 Å². The van der Waals surface area contributed by atoms with Crippen LogP contribution in [0.2, 0.25) is 6.32 Å². The quantitative estimate of drug-likeness (QED) is 0.456. The average Bonchev–Trinajstić information content (AvgIpc) is 2.06. The number of amides is 1. The van der Waals surface area contributed by atoms with Gasteiger partial charge in [-0.15, -0.1) is 0 Å². The third kappa shape index (κ3) is 16.3. The van der Waals surface area contributed by atoms with Crippen LogP contribution in [0, 0.1) is 0 Å². The van der Waals surface area contributed by atoms with Crippen molar-refractivity contribution in [3.63, 3.8) is 0 Å². The van der Waals surface area contributed by atoms with Crippen molar-refractivity contribution >= 4 is 22.0 Å². The monoisotopic (exact) mass is 195 g/mol. The van der Waals surface area contributed by atoms with Crippen LogP contribution in [0.1, 0.15) is 6.92 Å². The molecule has 0 heterocycles. The minimum Gasteiger partial charge on any atom is -0.357 e. The summed E-state index contributed by atoms with van der Waals surface area (Å²) in [5, 5.41) is 2.66. The molecule has 0 saturated heterocycles. The van der Waals surface area contributed by atoms with Crippen LogP contribution in [0.15, 0.2) is 0 Å². The molecular formula is C5H15BNO4P. The molecular weight excluding hydrogens is 180 g/mol. The molecule has 0 fully saturated rings. The fraction of sp³-hybridized carbons (Fsp3) is 0.800. The zero-order valence-electron chi connectivity index (χ0n) is 7.59. The Kier molecular flexibility index (Phi) is 12.7. The molecule has 2 N–H and O–H groups in total. The normalized spacial score (nSPS) is 10.9. The lowest BCUT2D eigenvalue weighted by Gasteiger charge is -1.93. The summed E-state index contributed by atoms with van der Waals surface area (Å²) >= 11 is 0. The standard InChI is InChI=1S/C4H10BNO.CH5O3P/c1-2-6-4(7)3-5;1-4-5(2)3/h2-3,5H2,1H3,(H,6,7);5H,1H3,(H,2,3). The molecule has 5 nitrogen and oxygen atoms in total. The Morgan fingerprint density at radius 1 is 1.75 bits per heavy atom. The van der Waals surface area contributed by atoms with E-state index in [-0.39, 0.29) is 5.91 Å². The maximum absolute atomic E-state index is 10.3. The number of nitrogens with one attached hydrogen (secondary N) is 1. The summed E-state index contributed by atoms with van der Waals surface area (Å²) in [6, 6.07) is 0. The van der Waals surface area contributed by atoms with Crippen molar-refractivity contribution in [3.05, 3.63) is 0 Å². The van der Waals surface area contributed by atoms with Crippen molar-refractivity contribution in [2.24, 2.45) is 0 Å². The number of carbonyl (C=O) groups excluding carboxylic acids is 1. The number of carbonyl (C=O) groups is 1. The van der Waals surface area contributed by atoms with E-state index in [1.807, 2.05) is 14.8 Å². The Bertz CT molecular complexity index is 143. The molecule has 0 aliphatic heterocycles. The third-order valence-corrected chi connectivity index (χ3v) is 1.22. The molecule has 1 unspecified atom stereocenters. The summed E-state index contributed by atoms with van der Waals surface area (Å²) in [6.07, 6.45) is 0.591. The van der Waals surface area contributed by atoms with Gasteiger partial charge < -0.3 is 14.7 Å². The van der Waals surface area contributed by atoms with Gasteiger partial charge in [-0.05, 0) is 13.2 Å². The van der Waals surface area contributed by atoms with E-state index in [0.29, 0.717) is 6.32 Å². The first-order valence-corrected chi connectivity index (χ1v) is 4.88. The van der Waals surface area contributed by atoms with Gasteiger partial charge in [0.1, 0.15) is 7.85 Å². The topological polar surface area (TPSA) is 75.6 Å². The van der Waals surface area contributed by atoms with Gasteiger partial charge in [0.05, 0.1) is 0 Å². The second-order valence-corrected chi connectivity index (χ2v) is 2.72. The van der Waals surface area contributed by atoms with Crippen molar-refractivity contribution in [3.8, 4) is 0 Å². The lowest BCUT2D eigenvalue weighted by molar-refractivity contribution is -0.118. The summed E-state index contributed by atoms with van der Waals surface area (Å²) in [6.45, 7) is 2.65. The van der Waals surface area contributed by atoms with Crippen molar-refractivity contribution in [1.82, 2.24) is 5.32 Å². The molecule has 0 rings (SSSR count). The first-order valence-electron chi connectivity index (χ1n) is 3.62. The molecule has 1 amide bonds.